The van der Waals surface area contributed by atoms with Gasteiger partial charge in [0, 0.05) is 37.8 Å². The van der Waals surface area contributed by atoms with Gasteiger partial charge in [-0.2, -0.15) is 0 Å². The van der Waals surface area contributed by atoms with Crippen LogP contribution in [-0.4, -0.2) is 53.8 Å². The molecule has 1 aliphatic heterocycles. The van der Waals surface area contributed by atoms with Crippen LogP contribution in [0.2, 0.25) is 5.02 Å². The third-order valence-corrected chi connectivity index (χ3v) is 9.28. The molecule has 0 radical (unpaired) electrons. The van der Waals surface area contributed by atoms with Crippen LogP contribution in [0.5, 0.6) is 0 Å². The van der Waals surface area contributed by atoms with Crippen molar-refractivity contribution in [2.75, 3.05) is 18.8 Å². The standard InChI is InChI=1S/C24H28ClN3O4S2/c1-16(29)22-15-27(2)24(33-22)26-20-7-10-28(11-8-20)23(30)9-12-34(31,32)21-6-4-17-13-19(25)5-3-18(17)14-21/h3-6,13-16,20,29H,7-12H2,1-2H3. The Morgan fingerprint density at radius 1 is 1.21 bits per heavy atom. The minimum Gasteiger partial charge on any atom is -0.388 e. The van der Waals surface area contributed by atoms with Gasteiger partial charge in [0.05, 0.1) is 27.7 Å². The van der Waals surface area contributed by atoms with Crippen molar-refractivity contribution in [3.05, 3.63) is 57.3 Å². The van der Waals surface area contributed by atoms with E-state index in [0.717, 1.165) is 33.3 Å². The van der Waals surface area contributed by atoms with E-state index in [-0.39, 0.29) is 29.0 Å². The fraction of sp³-hybridized carbons (Fsp3) is 0.417. The summed E-state index contributed by atoms with van der Waals surface area (Å²) >= 11 is 7.47. The molecule has 10 heteroatoms. The van der Waals surface area contributed by atoms with Crippen LogP contribution in [0.3, 0.4) is 0 Å². The number of sulfone groups is 1. The molecule has 1 fully saturated rings. The molecule has 0 saturated carbocycles. The van der Waals surface area contributed by atoms with E-state index in [2.05, 4.69) is 0 Å². The van der Waals surface area contributed by atoms with E-state index in [1.165, 1.54) is 11.3 Å². The molecule has 1 atom stereocenters. The van der Waals surface area contributed by atoms with Gasteiger partial charge in [0.1, 0.15) is 0 Å². The summed E-state index contributed by atoms with van der Waals surface area (Å²) in [4.78, 5) is 21.2. The predicted molar refractivity (Wildman–Crippen MR) is 135 cm³/mol. The van der Waals surface area contributed by atoms with Crippen LogP contribution >= 0.6 is 22.9 Å². The van der Waals surface area contributed by atoms with Crippen molar-refractivity contribution in [1.82, 2.24) is 9.47 Å². The van der Waals surface area contributed by atoms with Crippen LogP contribution in [0.1, 0.15) is 37.2 Å². The largest absolute Gasteiger partial charge is 0.388 e. The number of benzene rings is 2. The van der Waals surface area contributed by atoms with Crippen LogP contribution in [0.4, 0.5) is 0 Å². The number of aromatic nitrogens is 1. The lowest BCUT2D eigenvalue weighted by Crippen LogP contribution is -2.40. The number of aliphatic hydroxyl groups excluding tert-OH is 1. The molecule has 7 nitrogen and oxygen atoms in total. The van der Waals surface area contributed by atoms with Crippen molar-refractivity contribution in [3.8, 4) is 0 Å². The normalized spacial score (nSPS) is 16.8. The highest BCUT2D eigenvalue weighted by molar-refractivity contribution is 7.91. The molecule has 2 aromatic carbocycles. The molecular formula is C24H28ClN3O4S2. The average Bonchev–Trinajstić information content (AvgIpc) is 3.18. The first-order valence-corrected chi connectivity index (χ1v) is 14.1. The molecule has 1 N–H and O–H groups in total. The van der Waals surface area contributed by atoms with Crippen molar-refractivity contribution < 1.29 is 18.3 Å². The zero-order chi connectivity index (χ0) is 24.5. The summed E-state index contributed by atoms with van der Waals surface area (Å²) in [6.45, 7) is 2.85. The predicted octanol–water partition coefficient (Wildman–Crippen LogP) is 3.70. The second-order valence-corrected chi connectivity index (χ2v) is 12.3. The van der Waals surface area contributed by atoms with Crippen molar-refractivity contribution in [2.24, 2.45) is 12.0 Å². The number of halogens is 1. The summed E-state index contributed by atoms with van der Waals surface area (Å²) < 4.78 is 27.6. The number of aryl methyl sites for hydroxylation is 1. The quantitative estimate of drug-likeness (QED) is 0.535. The van der Waals surface area contributed by atoms with E-state index >= 15 is 0 Å². The van der Waals surface area contributed by atoms with Crippen LogP contribution in [0.25, 0.3) is 10.8 Å². The van der Waals surface area contributed by atoms with Gasteiger partial charge in [0.15, 0.2) is 14.6 Å². The zero-order valence-corrected chi connectivity index (χ0v) is 21.5. The second-order valence-electron chi connectivity index (χ2n) is 8.67. The number of thiazole rings is 1. The first-order chi connectivity index (χ1) is 16.1. The number of nitrogens with zero attached hydrogens (tertiary/aromatic N) is 3. The maximum Gasteiger partial charge on any atom is 0.223 e. The summed E-state index contributed by atoms with van der Waals surface area (Å²) in [6, 6.07) is 10.3. The van der Waals surface area contributed by atoms with E-state index < -0.39 is 15.9 Å². The van der Waals surface area contributed by atoms with Crippen LogP contribution in [0, 0.1) is 0 Å². The molecule has 3 aromatic rings. The van der Waals surface area contributed by atoms with Crippen molar-refractivity contribution >= 4 is 49.5 Å². The first kappa shape index (κ1) is 24.9. The maximum atomic E-state index is 12.8. The molecule has 34 heavy (non-hydrogen) atoms. The molecule has 182 valence electrons. The third-order valence-electron chi connectivity index (χ3n) is 6.07. The number of hydrogen-bond acceptors (Lipinski definition) is 6. The molecule has 4 rings (SSSR count). The topological polar surface area (TPSA) is 92.0 Å². The number of likely N-dealkylation sites (tertiary alicyclic amines) is 1. The highest BCUT2D eigenvalue weighted by atomic mass is 35.5. The van der Waals surface area contributed by atoms with Crippen molar-refractivity contribution in [1.29, 1.82) is 0 Å². The smallest absolute Gasteiger partial charge is 0.223 e. The Morgan fingerprint density at radius 3 is 2.56 bits per heavy atom. The molecule has 2 heterocycles. The zero-order valence-electron chi connectivity index (χ0n) is 19.1. The summed E-state index contributed by atoms with van der Waals surface area (Å²) in [7, 11) is -1.67. The molecule has 0 spiro atoms. The number of hydrogen-bond donors (Lipinski definition) is 1. The van der Waals surface area contributed by atoms with Gasteiger partial charge in [-0.05, 0) is 54.8 Å². The number of piperidine rings is 1. The van der Waals surface area contributed by atoms with Crippen LogP contribution < -0.4 is 4.80 Å². The van der Waals surface area contributed by atoms with Gasteiger partial charge in [-0.15, -0.1) is 0 Å². The highest BCUT2D eigenvalue weighted by Crippen LogP contribution is 2.24. The van der Waals surface area contributed by atoms with Gasteiger partial charge in [-0.3, -0.25) is 9.79 Å². The number of carbonyl (C=O) groups is 1. The maximum absolute atomic E-state index is 12.8. The first-order valence-electron chi connectivity index (χ1n) is 11.2. The molecule has 1 aromatic heterocycles. The van der Waals surface area contributed by atoms with Gasteiger partial charge in [0.25, 0.3) is 0 Å². The number of amides is 1. The van der Waals surface area contributed by atoms with E-state index in [9.17, 15) is 18.3 Å². The molecule has 1 unspecified atom stereocenters. The van der Waals surface area contributed by atoms with Crippen molar-refractivity contribution in [2.45, 2.75) is 43.2 Å². The van der Waals surface area contributed by atoms with Gasteiger partial charge in [-0.1, -0.05) is 35.1 Å². The summed E-state index contributed by atoms with van der Waals surface area (Å²) in [5, 5.41) is 12.0. The summed E-state index contributed by atoms with van der Waals surface area (Å²) in [5.41, 5.74) is 0. The monoisotopic (exact) mass is 521 g/mol. The molecule has 1 saturated heterocycles. The Labute approximate surface area is 208 Å². The lowest BCUT2D eigenvalue weighted by atomic mass is 10.1. The molecule has 1 amide bonds. The minimum absolute atomic E-state index is 0.0412. The van der Waals surface area contributed by atoms with Crippen LogP contribution in [-0.2, 0) is 21.7 Å². The van der Waals surface area contributed by atoms with Gasteiger partial charge in [-0.25, -0.2) is 8.42 Å². The lowest BCUT2D eigenvalue weighted by Gasteiger charge is -2.30. The molecule has 0 aliphatic carbocycles. The van der Waals surface area contributed by atoms with Gasteiger partial charge in [0.2, 0.25) is 5.91 Å². The Bertz CT molecular complexity index is 1370. The van der Waals surface area contributed by atoms with Gasteiger partial charge >= 0.3 is 0 Å². The highest BCUT2D eigenvalue weighted by Gasteiger charge is 2.25. The molecule has 1 aliphatic rings. The fourth-order valence-corrected chi connectivity index (χ4v) is 6.48. The number of rotatable bonds is 6. The third kappa shape index (κ3) is 5.71. The van der Waals surface area contributed by atoms with Gasteiger partial charge < -0.3 is 14.6 Å². The average molecular weight is 522 g/mol. The Kier molecular flexibility index (Phi) is 7.47. The Morgan fingerprint density at radius 2 is 1.88 bits per heavy atom. The van der Waals surface area contributed by atoms with E-state index in [4.69, 9.17) is 16.6 Å². The number of fused-ring (bicyclic) bond motifs is 1. The van der Waals surface area contributed by atoms with E-state index in [1.54, 1.807) is 48.2 Å². The minimum atomic E-state index is -3.58. The molecule has 0 bridgehead atoms. The number of aliphatic hydroxyl groups is 1. The second kappa shape index (κ2) is 10.2. The Balaban J connectivity index is 1.34. The Hall–Kier alpha value is -2.20. The summed E-state index contributed by atoms with van der Waals surface area (Å²) in [5.74, 6) is -0.366. The lowest BCUT2D eigenvalue weighted by molar-refractivity contribution is -0.131. The van der Waals surface area contributed by atoms with Crippen LogP contribution in [0.15, 0.2) is 52.5 Å². The van der Waals surface area contributed by atoms with Crippen molar-refractivity contribution in [3.63, 3.8) is 0 Å². The SMILES string of the molecule is CC(O)c1cn(C)c(=NC2CCN(C(=O)CCS(=O)(=O)c3ccc4cc(Cl)ccc4c3)CC2)s1. The summed E-state index contributed by atoms with van der Waals surface area (Å²) in [6.07, 6.45) is 2.78. The van der Waals surface area contributed by atoms with E-state index in [1.807, 2.05) is 17.8 Å². The number of carbonyl (C=O) groups excluding carboxylic acids is 1. The molecular weight excluding hydrogens is 494 g/mol. The van der Waals surface area contributed by atoms with E-state index in [0.29, 0.717) is 18.1 Å². The fourth-order valence-electron chi connectivity index (χ4n) is 4.05.